The predicted molar refractivity (Wildman–Crippen MR) is 107 cm³/mol. The zero-order chi connectivity index (χ0) is 20.3. The number of pyridine rings is 1. The van der Waals surface area contributed by atoms with Gasteiger partial charge in [-0.25, -0.2) is 4.98 Å². The van der Waals surface area contributed by atoms with Gasteiger partial charge in [-0.15, -0.1) is 0 Å². The average molecular weight is 385 g/mol. The van der Waals surface area contributed by atoms with Crippen LogP contribution in [0.3, 0.4) is 0 Å². The molecule has 3 heterocycles. The first kappa shape index (κ1) is 20.0. The number of nitrogens with zero attached hydrogens (tertiary/aromatic N) is 4. The lowest BCUT2D eigenvalue weighted by atomic mass is 9.85. The van der Waals surface area contributed by atoms with Crippen LogP contribution in [0.1, 0.15) is 43.8 Å². The molecule has 2 aromatic heterocycles. The second-order valence-corrected chi connectivity index (χ2v) is 7.53. The van der Waals surface area contributed by atoms with Gasteiger partial charge in [-0.3, -0.25) is 9.78 Å². The SMILES string of the molecule is Cc1cccc([C@H](C)Nc2ncc(C(C)(C)C(=O)O)c(N3CCOCC3)n2)n1. The molecule has 0 amide bonds. The molecule has 0 aliphatic carbocycles. The maximum absolute atomic E-state index is 11.8. The van der Waals surface area contributed by atoms with Gasteiger partial charge in [0.05, 0.1) is 30.4 Å². The van der Waals surface area contributed by atoms with E-state index in [1.165, 1.54) is 0 Å². The van der Waals surface area contributed by atoms with Crippen LogP contribution in [0, 0.1) is 6.92 Å². The van der Waals surface area contributed by atoms with Crippen molar-refractivity contribution in [2.45, 2.75) is 39.2 Å². The molecule has 1 fully saturated rings. The molecule has 150 valence electrons. The molecule has 1 saturated heterocycles. The van der Waals surface area contributed by atoms with E-state index in [4.69, 9.17) is 9.72 Å². The van der Waals surface area contributed by atoms with Crippen molar-refractivity contribution in [2.24, 2.45) is 0 Å². The van der Waals surface area contributed by atoms with Crippen LogP contribution in [-0.2, 0) is 14.9 Å². The predicted octanol–water partition coefficient (Wildman–Crippen LogP) is 2.55. The van der Waals surface area contributed by atoms with Crippen molar-refractivity contribution < 1.29 is 14.6 Å². The molecule has 1 aliphatic heterocycles. The molecule has 8 nitrogen and oxygen atoms in total. The van der Waals surface area contributed by atoms with Crippen LogP contribution in [0.15, 0.2) is 24.4 Å². The van der Waals surface area contributed by atoms with Gasteiger partial charge in [0.2, 0.25) is 5.95 Å². The number of carboxylic acid groups (broad SMARTS) is 1. The van der Waals surface area contributed by atoms with E-state index in [0.29, 0.717) is 43.6 Å². The van der Waals surface area contributed by atoms with Gasteiger partial charge < -0.3 is 20.1 Å². The molecule has 8 heteroatoms. The molecule has 28 heavy (non-hydrogen) atoms. The number of carboxylic acids is 1. The monoisotopic (exact) mass is 385 g/mol. The van der Waals surface area contributed by atoms with E-state index in [9.17, 15) is 9.90 Å². The number of morpholine rings is 1. The van der Waals surface area contributed by atoms with Gasteiger partial charge in [-0.2, -0.15) is 4.98 Å². The molecule has 2 N–H and O–H groups in total. The van der Waals surface area contributed by atoms with E-state index in [-0.39, 0.29) is 6.04 Å². The van der Waals surface area contributed by atoms with Crippen molar-refractivity contribution in [3.8, 4) is 0 Å². The van der Waals surface area contributed by atoms with Crippen molar-refractivity contribution >= 4 is 17.7 Å². The average Bonchev–Trinajstić information content (AvgIpc) is 2.68. The molecule has 0 bridgehead atoms. The number of rotatable bonds is 6. The van der Waals surface area contributed by atoms with Crippen molar-refractivity contribution in [2.75, 3.05) is 36.5 Å². The zero-order valence-electron chi connectivity index (χ0n) is 16.8. The Morgan fingerprint density at radius 1 is 1.29 bits per heavy atom. The number of nitrogens with one attached hydrogen (secondary N) is 1. The summed E-state index contributed by atoms with van der Waals surface area (Å²) in [7, 11) is 0. The molecule has 0 spiro atoms. The molecule has 3 rings (SSSR count). The second kappa shape index (κ2) is 8.10. The van der Waals surface area contributed by atoms with E-state index in [1.54, 1.807) is 20.0 Å². The Morgan fingerprint density at radius 3 is 2.64 bits per heavy atom. The summed E-state index contributed by atoms with van der Waals surface area (Å²) in [6.45, 7) is 9.78. The van der Waals surface area contributed by atoms with Crippen molar-refractivity contribution in [3.05, 3.63) is 41.3 Å². The molecular weight excluding hydrogens is 358 g/mol. The quantitative estimate of drug-likeness (QED) is 0.782. The van der Waals surface area contributed by atoms with Crippen molar-refractivity contribution in [3.63, 3.8) is 0 Å². The summed E-state index contributed by atoms with van der Waals surface area (Å²) in [5, 5.41) is 13.0. The summed E-state index contributed by atoms with van der Waals surface area (Å²) < 4.78 is 5.43. The third-order valence-corrected chi connectivity index (χ3v) is 4.99. The summed E-state index contributed by atoms with van der Waals surface area (Å²) in [5.74, 6) is 0.170. The topological polar surface area (TPSA) is 100 Å². The number of carbonyl (C=O) groups is 1. The normalized spacial score (nSPS) is 15.9. The highest BCUT2D eigenvalue weighted by molar-refractivity contribution is 5.82. The van der Waals surface area contributed by atoms with Crippen LogP contribution in [0.4, 0.5) is 11.8 Å². The lowest BCUT2D eigenvalue weighted by molar-refractivity contribution is -0.142. The van der Waals surface area contributed by atoms with Gasteiger partial charge in [0.1, 0.15) is 5.82 Å². The fourth-order valence-corrected chi connectivity index (χ4v) is 3.09. The van der Waals surface area contributed by atoms with Crippen LogP contribution in [0.5, 0.6) is 0 Å². The van der Waals surface area contributed by atoms with E-state index >= 15 is 0 Å². The molecule has 0 saturated carbocycles. The second-order valence-electron chi connectivity index (χ2n) is 7.53. The minimum absolute atomic E-state index is 0.0872. The summed E-state index contributed by atoms with van der Waals surface area (Å²) in [4.78, 5) is 27.5. The fraction of sp³-hybridized carbons (Fsp3) is 0.500. The van der Waals surface area contributed by atoms with Crippen LogP contribution >= 0.6 is 0 Å². The summed E-state index contributed by atoms with van der Waals surface area (Å²) in [6.07, 6.45) is 1.62. The summed E-state index contributed by atoms with van der Waals surface area (Å²) in [5.41, 5.74) is 1.33. The fourth-order valence-electron chi connectivity index (χ4n) is 3.09. The first-order valence-electron chi connectivity index (χ1n) is 9.42. The van der Waals surface area contributed by atoms with Crippen LogP contribution in [0.25, 0.3) is 0 Å². The van der Waals surface area contributed by atoms with Gasteiger partial charge in [0, 0.05) is 30.5 Å². The summed E-state index contributed by atoms with van der Waals surface area (Å²) in [6, 6.07) is 5.78. The molecule has 0 unspecified atom stereocenters. The van der Waals surface area contributed by atoms with Crippen LogP contribution < -0.4 is 10.2 Å². The van der Waals surface area contributed by atoms with E-state index in [1.807, 2.05) is 32.0 Å². The molecule has 1 atom stereocenters. The Kier molecular flexibility index (Phi) is 5.79. The third-order valence-electron chi connectivity index (χ3n) is 4.99. The Hall–Kier alpha value is -2.74. The Labute approximate surface area is 165 Å². The van der Waals surface area contributed by atoms with Gasteiger partial charge >= 0.3 is 5.97 Å². The number of hydrogen-bond donors (Lipinski definition) is 2. The van der Waals surface area contributed by atoms with Gasteiger partial charge in [-0.05, 0) is 39.8 Å². The number of hydrogen-bond acceptors (Lipinski definition) is 7. The highest BCUT2D eigenvalue weighted by atomic mass is 16.5. The maximum Gasteiger partial charge on any atom is 0.313 e. The third kappa shape index (κ3) is 4.22. The molecule has 2 aromatic rings. The molecule has 0 aromatic carbocycles. The molecular formula is C20H27N5O3. The smallest absolute Gasteiger partial charge is 0.313 e. The number of ether oxygens (including phenoxy) is 1. The highest BCUT2D eigenvalue weighted by Gasteiger charge is 2.35. The first-order valence-corrected chi connectivity index (χ1v) is 9.42. The van der Waals surface area contributed by atoms with Crippen LogP contribution in [-0.4, -0.2) is 52.3 Å². The minimum atomic E-state index is -1.10. The van der Waals surface area contributed by atoms with Gasteiger partial charge in [0.25, 0.3) is 0 Å². The zero-order valence-corrected chi connectivity index (χ0v) is 16.8. The largest absolute Gasteiger partial charge is 0.481 e. The molecule has 1 aliphatic rings. The lowest BCUT2D eigenvalue weighted by Crippen LogP contribution is -2.40. The summed E-state index contributed by atoms with van der Waals surface area (Å²) >= 11 is 0. The lowest BCUT2D eigenvalue weighted by Gasteiger charge is -2.32. The number of aryl methyl sites for hydroxylation is 1. The van der Waals surface area contributed by atoms with E-state index in [2.05, 4.69) is 20.2 Å². The Bertz CT molecular complexity index is 849. The first-order chi connectivity index (χ1) is 13.3. The van der Waals surface area contributed by atoms with E-state index < -0.39 is 11.4 Å². The number of aliphatic carboxylic acids is 1. The Morgan fingerprint density at radius 2 is 2.00 bits per heavy atom. The van der Waals surface area contributed by atoms with E-state index in [0.717, 1.165) is 11.4 Å². The minimum Gasteiger partial charge on any atom is -0.481 e. The Balaban J connectivity index is 1.94. The van der Waals surface area contributed by atoms with Gasteiger partial charge in [-0.1, -0.05) is 6.07 Å². The van der Waals surface area contributed by atoms with Crippen molar-refractivity contribution in [1.29, 1.82) is 0 Å². The van der Waals surface area contributed by atoms with Crippen molar-refractivity contribution in [1.82, 2.24) is 15.0 Å². The standard InChI is InChI=1S/C20H27N5O3/c1-13-6-5-7-16(22-13)14(2)23-19-21-12-15(20(3,4)18(26)27)17(24-19)25-8-10-28-11-9-25/h5-7,12,14H,8-11H2,1-4H3,(H,26,27)(H,21,23,24)/t14-/m0/s1. The highest BCUT2D eigenvalue weighted by Crippen LogP contribution is 2.32. The maximum atomic E-state index is 11.8. The number of aromatic nitrogens is 3. The van der Waals surface area contributed by atoms with Crippen LogP contribution in [0.2, 0.25) is 0 Å². The molecule has 0 radical (unpaired) electrons. The van der Waals surface area contributed by atoms with Gasteiger partial charge in [0.15, 0.2) is 0 Å². The number of anilines is 2.